The second-order valence-electron chi connectivity index (χ2n) is 7.07. The molecule has 1 aliphatic heterocycles. The molecule has 138 valence electrons. The predicted molar refractivity (Wildman–Crippen MR) is 101 cm³/mol. The molecule has 1 heterocycles. The Morgan fingerprint density at radius 3 is 2.48 bits per heavy atom. The minimum Gasteiger partial charge on any atom is -0.342 e. The van der Waals surface area contributed by atoms with E-state index < -0.39 is 0 Å². The molecule has 0 saturated carbocycles. The molecule has 5 heteroatoms. The molecule has 1 N–H and O–H groups in total. The van der Waals surface area contributed by atoms with Gasteiger partial charge < -0.3 is 10.2 Å². The average Bonchev–Trinajstić information content (AvgIpc) is 2.62. The van der Waals surface area contributed by atoms with Gasteiger partial charge in [0.25, 0.3) is 0 Å². The molecule has 2 amide bonds. The van der Waals surface area contributed by atoms with Crippen molar-refractivity contribution in [3.63, 3.8) is 0 Å². The van der Waals surface area contributed by atoms with Crippen molar-refractivity contribution in [2.24, 2.45) is 5.92 Å². The van der Waals surface area contributed by atoms with Gasteiger partial charge in [-0.05, 0) is 50.8 Å². The first-order valence-corrected chi connectivity index (χ1v) is 9.39. The molecule has 0 aliphatic carbocycles. The lowest BCUT2D eigenvalue weighted by Gasteiger charge is -2.34. The van der Waals surface area contributed by atoms with Crippen molar-refractivity contribution >= 4 is 17.5 Å². The number of carbonyl (C=O) groups is 2. The standard InChI is InChI=1S/C20H31N3O2/c1-4-12-23(15-19(24)22-13-10-16(2)11-14-22)17(3)20(25)21-18-8-6-5-7-9-18/h5-9,16-17H,4,10-15H2,1-3H3,(H,21,25). The Morgan fingerprint density at radius 1 is 1.24 bits per heavy atom. The molecule has 0 aromatic heterocycles. The lowest BCUT2D eigenvalue weighted by Crippen LogP contribution is -2.49. The average molecular weight is 345 g/mol. The monoisotopic (exact) mass is 345 g/mol. The molecular weight excluding hydrogens is 314 g/mol. The van der Waals surface area contributed by atoms with Crippen molar-refractivity contribution in [2.75, 3.05) is 31.5 Å². The van der Waals surface area contributed by atoms with Gasteiger partial charge in [-0.1, -0.05) is 32.0 Å². The molecule has 1 aromatic carbocycles. The fourth-order valence-electron chi connectivity index (χ4n) is 3.16. The highest BCUT2D eigenvalue weighted by molar-refractivity contribution is 5.94. The van der Waals surface area contributed by atoms with Crippen LogP contribution in [0.4, 0.5) is 5.69 Å². The van der Waals surface area contributed by atoms with Gasteiger partial charge in [-0.25, -0.2) is 0 Å². The Bertz CT molecular complexity index is 553. The van der Waals surface area contributed by atoms with E-state index in [0.29, 0.717) is 12.5 Å². The summed E-state index contributed by atoms with van der Waals surface area (Å²) in [6, 6.07) is 9.10. The maximum absolute atomic E-state index is 12.6. The quantitative estimate of drug-likeness (QED) is 0.826. The molecule has 1 saturated heterocycles. The third-order valence-electron chi connectivity index (χ3n) is 4.95. The number of amides is 2. The molecule has 1 aromatic rings. The van der Waals surface area contributed by atoms with E-state index in [9.17, 15) is 9.59 Å². The fraction of sp³-hybridized carbons (Fsp3) is 0.600. The van der Waals surface area contributed by atoms with E-state index in [4.69, 9.17) is 0 Å². The lowest BCUT2D eigenvalue weighted by molar-refractivity contribution is -0.135. The van der Waals surface area contributed by atoms with E-state index >= 15 is 0 Å². The van der Waals surface area contributed by atoms with E-state index in [2.05, 4.69) is 19.2 Å². The largest absolute Gasteiger partial charge is 0.342 e. The topological polar surface area (TPSA) is 52.7 Å². The summed E-state index contributed by atoms with van der Waals surface area (Å²) in [5.74, 6) is 0.769. The summed E-state index contributed by atoms with van der Waals surface area (Å²) in [5, 5.41) is 2.93. The van der Waals surface area contributed by atoms with Crippen LogP contribution in [0.25, 0.3) is 0 Å². The maximum Gasteiger partial charge on any atom is 0.241 e. The van der Waals surface area contributed by atoms with Gasteiger partial charge in [-0.2, -0.15) is 0 Å². The van der Waals surface area contributed by atoms with E-state index in [1.54, 1.807) is 0 Å². The number of piperidine rings is 1. The summed E-state index contributed by atoms with van der Waals surface area (Å²) in [7, 11) is 0. The zero-order valence-corrected chi connectivity index (χ0v) is 15.7. The molecule has 0 radical (unpaired) electrons. The number of hydrogen-bond donors (Lipinski definition) is 1. The molecule has 1 unspecified atom stereocenters. The molecule has 0 bridgehead atoms. The molecular formula is C20H31N3O2. The van der Waals surface area contributed by atoms with Crippen LogP contribution in [0.2, 0.25) is 0 Å². The van der Waals surface area contributed by atoms with E-state index in [-0.39, 0.29) is 17.9 Å². The summed E-state index contributed by atoms with van der Waals surface area (Å²) in [6.45, 7) is 8.91. The van der Waals surface area contributed by atoms with E-state index in [0.717, 1.165) is 44.6 Å². The van der Waals surface area contributed by atoms with Crippen LogP contribution >= 0.6 is 0 Å². The van der Waals surface area contributed by atoms with Gasteiger partial charge in [0.2, 0.25) is 11.8 Å². The van der Waals surface area contributed by atoms with Crippen LogP contribution < -0.4 is 5.32 Å². The Kier molecular flexibility index (Phi) is 7.44. The molecule has 1 fully saturated rings. The summed E-state index contributed by atoms with van der Waals surface area (Å²) >= 11 is 0. The Morgan fingerprint density at radius 2 is 1.88 bits per heavy atom. The first-order chi connectivity index (χ1) is 12.0. The molecule has 2 rings (SSSR count). The number of nitrogens with one attached hydrogen (secondary N) is 1. The predicted octanol–water partition coefficient (Wildman–Crippen LogP) is 2.98. The summed E-state index contributed by atoms with van der Waals surface area (Å²) < 4.78 is 0. The fourth-order valence-corrected chi connectivity index (χ4v) is 3.16. The normalized spacial score (nSPS) is 16.7. The smallest absolute Gasteiger partial charge is 0.241 e. The molecule has 1 aliphatic rings. The van der Waals surface area contributed by atoms with Gasteiger partial charge in [-0.3, -0.25) is 14.5 Å². The summed E-state index contributed by atoms with van der Waals surface area (Å²) in [4.78, 5) is 29.1. The van der Waals surface area contributed by atoms with Crippen molar-refractivity contribution in [3.8, 4) is 0 Å². The van der Waals surface area contributed by atoms with Crippen LogP contribution in [-0.2, 0) is 9.59 Å². The molecule has 25 heavy (non-hydrogen) atoms. The minimum absolute atomic E-state index is 0.0697. The Balaban J connectivity index is 1.93. The van der Waals surface area contributed by atoms with Crippen LogP contribution in [0.1, 0.15) is 40.0 Å². The molecule has 1 atom stereocenters. The minimum atomic E-state index is -0.340. The zero-order chi connectivity index (χ0) is 18.2. The highest BCUT2D eigenvalue weighted by Gasteiger charge is 2.26. The number of hydrogen-bond acceptors (Lipinski definition) is 3. The number of carbonyl (C=O) groups excluding carboxylic acids is 2. The van der Waals surface area contributed by atoms with Gasteiger partial charge in [0.05, 0.1) is 12.6 Å². The van der Waals surface area contributed by atoms with Gasteiger partial charge in [0.1, 0.15) is 0 Å². The first kappa shape index (κ1) is 19.4. The van der Waals surface area contributed by atoms with Gasteiger partial charge in [-0.15, -0.1) is 0 Å². The summed E-state index contributed by atoms with van der Waals surface area (Å²) in [6.07, 6.45) is 3.06. The SMILES string of the molecule is CCCN(CC(=O)N1CCC(C)CC1)C(C)C(=O)Nc1ccccc1. The third kappa shape index (κ3) is 5.85. The number of rotatable bonds is 7. The van der Waals surface area contributed by atoms with Gasteiger partial charge in [0, 0.05) is 18.8 Å². The zero-order valence-electron chi connectivity index (χ0n) is 15.7. The van der Waals surface area contributed by atoms with Crippen molar-refractivity contribution in [1.82, 2.24) is 9.80 Å². The number of para-hydroxylation sites is 1. The van der Waals surface area contributed by atoms with Crippen LogP contribution in [0.3, 0.4) is 0 Å². The van der Waals surface area contributed by atoms with Crippen molar-refractivity contribution in [2.45, 2.75) is 46.1 Å². The second-order valence-corrected chi connectivity index (χ2v) is 7.07. The Labute approximate surface area is 151 Å². The number of likely N-dealkylation sites (tertiary alicyclic amines) is 1. The number of nitrogens with zero attached hydrogens (tertiary/aromatic N) is 2. The maximum atomic E-state index is 12.6. The van der Waals surface area contributed by atoms with Crippen LogP contribution in [0.5, 0.6) is 0 Å². The van der Waals surface area contributed by atoms with Crippen LogP contribution in [0.15, 0.2) is 30.3 Å². The Hall–Kier alpha value is -1.88. The van der Waals surface area contributed by atoms with Crippen LogP contribution in [0, 0.1) is 5.92 Å². The van der Waals surface area contributed by atoms with E-state index in [1.807, 2.05) is 47.1 Å². The molecule has 5 nitrogen and oxygen atoms in total. The van der Waals surface area contributed by atoms with Crippen molar-refractivity contribution < 1.29 is 9.59 Å². The van der Waals surface area contributed by atoms with Gasteiger partial charge in [0.15, 0.2) is 0 Å². The highest BCUT2D eigenvalue weighted by Crippen LogP contribution is 2.17. The van der Waals surface area contributed by atoms with E-state index in [1.165, 1.54) is 0 Å². The van der Waals surface area contributed by atoms with Crippen molar-refractivity contribution in [3.05, 3.63) is 30.3 Å². The summed E-state index contributed by atoms with van der Waals surface area (Å²) in [5.41, 5.74) is 0.784. The first-order valence-electron chi connectivity index (χ1n) is 9.39. The van der Waals surface area contributed by atoms with Crippen LogP contribution in [-0.4, -0.2) is 53.8 Å². The van der Waals surface area contributed by atoms with Gasteiger partial charge >= 0.3 is 0 Å². The number of benzene rings is 1. The molecule has 0 spiro atoms. The second kappa shape index (κ2) is 9.56. The number of anilines is 1. The highest BCUT2D eigenvalue weighted by atomic mass is 16.2. The third-order valence-corrected chi connectivity index (χ3v) is 4.95. The van der Waals surface area contributed by atoms with Crippen molar-refractivity contribution in [1.29, 1.82) is 0 Å². The lowest BCUT2D eigenvalue weighted by atomic mass is 9.99.